The lowest BCUT2D eigenvalue weighted by Crippen LogP contribution is -2.11. The number of nitrogens with two attached hydrogens (primary N) is 1. The van der Waals surface area contributed by atoms with Crippen LogP contribution in [0.4, 0.5) is 5.69 Å². The van der Waals surface area contributed by atoms with E-state index in [1.165, 1.54) is 30.6 Å². The van der Waals surface area contributed by atoms with Gasteiger partial charge >= 0.3 is 0 Å². The van der Waals surface area contributed by atoms with Crippen molar-refractivity contribution in [2.75, 3.05) is 0 Å². The number of amides is 1. The Labute approximate surface area is 118 Å². The molecular formula is C13H8N4O4. The fraction of sp³-hybridized carbons (Fsp3) is 0. The van der Waals surface area contributed by atoms with Gasteiger partial charge in [-0.2, -0.15) is 5.26 Å². The van der Waals surface area contributed by atoms with Gasteiger partial charge in [-0.05, 0) is 12.1 Å². The number of rotatable bonds is 4. The zero-order valence-electron chi connectivity index (χ0n) is 10.5. The number of hydrogen-bond acceptors (Lipinski definition) is 6. The number of carbonyl (C=O) groups is 1. The van der Waals surface area contributed by atoms with E-state index in [1.54, 1.807) is 6.07 Å². The summed E-state index contributed by atoms with van der Waals surface area (Å²) >= 11 is 0. The molecule has 0 radical (unpaired) electrons. The monoisotopic (exact) mass is 284 g/mol. The molecule has 0 unspecified atom stereocenters. The van der Waals surface area contributed by atoms with Gasteiger partial charge in [0.15, 0.2) is 0 Å². The number of nitriles is 1. The smallest absolute Gasteiger partial charge is 0.271 e. The van der Waals surface area contributed by atoms with E-state index in [1.807, 2.05) is 0 Å². The standard InChI is InChI=1S/C13H8N4O4/c14-5-8-3-10(17(19)20)1-2-12(8)21-11-4-9(13(15)18)6-16-7-11/h1-4,6-7H,(H2,15,18). The molecule has 0 aliphatic heterocycles. The van der Waals surface area contributed by atoms with E-state index in [4.69, 9.17) is 15.7 Å². The molecule has 0 bridgehead atoms. The predicted molar refractivity (Wildman–Crippen MR) is 70.6 cm³/mol. The van der Waals surface area contributed by atoms with Gasteiger partial charge in [-0.1, -0.05) is 0 Å². The Balaban J connectivity index is 2.36. The number of pyridine rings is 1. The molecule has 1 amide bonds. The minimum Gasteiger partial charge on any atom is -0.454 e. The van der Waals surface area contributed by atoms with Crippen LogP contribution in [0.2, 0.25) is 0 Å². The SMILES string of the molecule is N#Cc1cc([N+](=O)[O-])ccc1Oc1cncc(C(N)=O)c1. The summed E-state index contributed by atoms with van der Waals surface area (Å²) in [5.41, 5.74) is 5.04. The first-order valence-electron chi connectivity index (χ1n) is 5.62. The molecule has 0 atom stereocenters. The van der Waals surface area contributed by atoms with Crippen LogP contribution < -0.4 is 10.5 Å². The first-order valence-corrected chi connectivity index (χ1v) is 5.62. The van der Waals surface area contributed by atoms with Crippen molar-refractivity contribution in [2.45, 2.75) is 0 Å². The summed E-state index contributed by atoms with van der Waals surface area (Å²) in [6, 6.07) is 6.77. The number of carbonyl (C=O) groups excluding carboxylic acids is 1. The number of non-ortho nitro benzene ring substituents is 1. The molecular weight excluding hydrogens is 276 g/mol. The predicted octanol–water partition coefficient (Wildman–Crippen LogP) is 1.75. The maximum atomic E-state index is 11.0. The zero-order chi connectivity index (χ0) is 15.4. The van der Waals surface area contributed by atoms with E-state index >= 15 is 0 Å². The third-order valence-corrected chi connectivity index (χ3v) is 2.52. The van der Waals surface area contributed by atoms with Crippen molar-refractivity contribution in [2.24, 2.45) is 5.73 Å². The van der Waals surface area contributed by atoms with Gasteiger partial charge < -0.3 is 10.5 Å². The lowest BCUT2D eigenvalue weighted by Gasteiger charge is -2.07. The first-order chi connectivity index (χ1) is 10.0. The maximum Gasteiger partial charge on any atom is 0.271 e. The average molecular weight is 284 g/mol. The summed E-state index contributed by atoms with van der Waals surface area (Å²) in [5.74, 6) is -0.361. The lowest BCUT2D eigenvalue weighted by atomic mass is 10.2. The fourth-order valence-electron chi connectivity index (χ4n) is 1.54. The number of nitro benzene ring substituents is 1. The number of hydrogen-bond donors (Lipinski definition) is 1. The zero-order valence-corrected chi connectivity index (χ0v) is 10.5. The molecule has 0 aliphatic rings. The van der Waals surface area contributed by atoms with Gasteiger partial charge in [0, 0.05) is 18.3 Å². The third-order valence-electron chi connectivity index (χ3n) is 2.52. The van der Waals surface area contributed by atoms with E-state index in [9.17, 15) is 14.9 Å². The van der Waals surface area contributed by atoms with Crippen molar-refractivity contribution in [3.63, 3.8) is 0 Å². The van der Waals surface area contributed by atoms with Gasteiger partial charge in [0.05, 0.1) is 16.7 Å². The van der Waals surface area contributed by atoms with Gasteiger partial charge in [0.25, 0.3) is 5.69 Å². The Morgan fingerprint density at radius 2 is 2.14 bits per heavy atom. The summed E-state index contributed by atoms with van der Waals surface area (Å²) in [6.45, 7) is 0. The number of benzene rings is 1. The van der Waals surface area contributed by atoms with Crippen molar-refractivity contribution in [1.29, 1.82) is 5.26 Å². The van der Waals surface area contributed by atoms with Crippen LogP contribution in [0.5, 0.6) is 11.5 Å². The Morgan fingerprint density at radius 3 is 2.76 bits per heavy atom. The lowest BCUT2D eigenvalue weighted by molar-refractivity contribution is -0.384. The van der Waals surface area contributed by atoms with Crippen LogP contribution in [0.1, 0.15) is 15.9 Å². The molecule has 1 aromatic heterocycles. The molecule has 2 N–H and O–H groups in total. The minimum atomic E-state index is -0.669. The van der Waals surface area contributed by atoms with Gasteiger partial charge in [0.1, 0.15) is 23.1 Å². The van der Waals surface area contributed by atoms with Crippen LogP contribution in [0.3, 0.4) is 0 Å². The summed E-state index contributed by atoms with van der Waals surface area (Å²) in [5, 5.41) is 19.7. The molecule has 0 fully saturated rings. The van der Waals surface area contributed by atoms with Crippen molar-refractivity contribution in [3.8, 4) is 17.6 Å². The van der Waals surface area contributed by atoms with E-state index in [-0.39, 0.29) is 28.3 Å². The molecule has 21 heavy (non-hydrogen) atoms. The van der Waals surface area contributed by atoms with Gasteiger partial charge in [0.2, 0.25) is 5.91 Å². The van der Waals surface area contributed by atoms with E-state index in [0.717, 1.165) is 6.07 Å². The summed E-state index contributed by atoms with van der Waals surface area (Å²) in [7, 11) is 0. The Morgan fingerprint density at radius 1 is 1.38 bits per heavy atom. The first kappa shape index (κ1) is 14.0. The highest BCUT2D eigenvalue weighted by molar-refractivity contribution is 5.92. The van der Waals surface area contributed by atoms with Gasteiger partial charge in [-0.15, -0.1) is 0 Å². The van der Waals surface area contributed by atoms with Gasteiger partial charge in [-0.3, -0.25) is 19.9 Å². The molecule has 1 aromatic carbocycles. The van der Waals surface area contributed by atoms with Gasteiger partial charge in [-0.25, -0.2) is 0 Å². The molecule has 2 rings (SSSR count). The van der Waals surface area contributed by atoms with Crippen molar-refractivity contribution < 1.29 is 14.5 Å². The van der Waals surface area contributed by atoms with Crippen LogP contribution in [-0.2, 0) is 0 Å². The van der Waals surface area contributed by atoms with Crippen molar-refractivity contribution in [3.05, 3.63) is 57.9 Å². The van der Waals surface area contributed by atoms with E-state index < -0.39 is 10.8 Å². The highest BCUT2D eigenvalue weighted by atomic mass is 16.6. The number of nitro groups is 1. The van der Waals surface area contributed by atoms with Crippen LogP contribution in [0, 0.1) is 21.4 Å². The molecule has 104 valence electrons. The molecule has 0 aliphatic carbocycles. The number of primary amides is 1. The Hall–Kier alpha value is -3.47. The van der Waals surface area contributed by atoms with Crippen LogP contribution in [0.15, 0.2) is 36.7 Å². The number of ether oxygens (including phenoxy) is 1. The molecule has 0 saturated heterocycles. The Kier molecular flexibility index (Phi) is 3.76. The molecule has 8 nitrogen and oxygen atoms in total. The van der Waals surface area contributed by atoms with Crippen LogP contribution in [0.25, 0.3) is 0 Å². The number of aromatic nitrogens is 1. The molecule has 0 saturated carbocycles. The highest BCUT2D eigenvalue weighted by Gasteiger charge is 2.13. The second-order valence-electron chi connectivity index (χ2n) is 3.93. The molecule has 1 heterocycles. The fourth-order valence-corrected chi connectivity index (χ4v) is 1.54. The molecule has 2 aromatic rings. The molecule has 8 heteroatoms. The summed E-state index contributed by atoms with van der Waals surface area (Å²) in [4.78, 5) is 24.9. The highest BCUT2D eigenvalue weighted by Crippen LogP contribution is 2.28. The quantitative estimate of drug-likeness (QED) is 0.671. The normalized spacial score (nSPS) is 9.67. The summed E-state index contributed by atoms with van der Waals surface area (Å²) in [6.07, 6.45) is 2.60. The topological polar surface area (TPSA) is 132 Å². The summed E-state index contributed by atoms with van der Waals surface area (Å²) < 4.78 is 5.41. The van der Waals surface area contributed by atoms with Crippen molar-refractivity contribution in [1.82, 2.24) is 4.98 Å². The van der Waals surface area contributed by atoms with Crippen LogP contribution >= 0.6 is 0 Å². The molecule has 0 spiro atoms. The second kappa shape index (κ2) is 5.66. The largest absolute Gasteiger partial charge is 0.454 e. The third kappa shape index (κ3) is 3.10. The Bertz CT molecular complexity index is 767. The van der Waals surface area contributed by atoms with Crippen LogP contribution in [-0.4, -0.2) is 15.8 Å². The van der Waals surface area contributed by atoms with E-state index in [2.05, 4.69) is 4.98 Å². The second-order valence-corrected chi connectivity index (χ2v) is 3.93. The van der Waals surface area contributed by atoms with Crippen molar-refractivity contribution >= 4 is 11.6 Å². The van der Waals surface area contributed by atoms with E-state index in [0.29, 0.717) is 0 Å². The maximum absolute atomic E-state index is 11.0. The minimum absolute atomic E-state index is 0.00585. The number of nitrogens with zero attached hydrogens (tertiary/aromatic N) is 3. The average Bonchev–Trinajstić information content (AvgIpc) is 2.47.